The van der Waals surface area contributed by atoms with Crippen LogP contribution >= 0.6 is 23.2 Å². The summed E-state index contributed by atoms with van der Waals surface area (Å²) < 4.78 is 0. The first-order chi connectivity index (χ1) is 9.97. The summed E-state index contributed by atoms with van der Waals surface area (Å²) in [7, 11) is 0. The molecule has 0 saturated heterocycles. The van der Waals surface area contributed by atoms with E-state index in [-0.39, 0.29) is 12.2 Å². The number of benzene rings is 2. The van der Waals surface area contributed by atoms with Crippen molar-refractivity contribution in [1.82, 2.24) is 0 Å². The van der Waals surface area contributed by atoms with Crippen LogP contribution in [-0.4, -0.2) is 16.3 Å². The molecule has 0 aromatic heterocycles. The maximum atomic E-state index is 12.1. The van der Waals surface area contributed by atoms with E-state index in [1.165, 1.54) is 12.1 Å². The summed E-state index contributed by atoms with van der Waals surface area (Å²) in [4.78, 5) is 34.0. The van der Waals surface area contributed by atoms with Crippen LogP contribution in [0.25, 0.3) is 0 Å². The van der Waals surface area contributed by atoms with Gasteiger partial charge < -0.3 is 0 Å². The largest absolute Gasteiger partial charge is 0.294 e. The first-order valence-electron chi connectivity index (χ1n) is 6.09. The van der Waals surface area contributed by atoms with Gasteiger partial charge >= 0.3 is 0 Å². The first kappa shape index (κ1) is 15.4. The van der Waals surface area contributed by atoms with Gasteiger partial charge in [0, 0.05) is 23.1 Å². The van der Waals surface area contributed by atoms with Crippen LogP contribution in [0, 0.1) is 0 Å². The van der Waals surface area contributed by atoms with Crippen molar-refractivity contribution < 1.29 is 14.4 Å². The van der Waals surface area contributed by atoms with Gasteiger partial charge in [0.1, 0.15) is 0 Å². The second kappa shape index (κ2) is 6.66. The smallest absolute Gasteiger partial charge is 0.252 e. The van der Waals surface area contributed by atoms with E-state index in [1.54, 1.807) is 36.4 Å². The molecule has 0 unspecified atom stereocenters. The molecular weight excluding hydrogens is 311 g/mol. The number of halogens is 2. The van der Waals surface area contributed by atoms with Crippen molar-refractivity contribution in [2.45, 2.75) is 6.42 Å². The minimum Gasteiger partial charge on any atom is -0.294 e. The topological polar surface area (TPSA) is 51.2 Å². The highest BCUT2D eigenvalue weighted by atomic mass is 35.5. The third kappa shape index (κ3) is 4.00. The highest BCUT2D eigenvalue weighted by Gasteiger charge is 2.09. The van der Waals surface area contributed by atoms with E-state index in [0.717, 1.165) is 5.56 Å². The van der Waals surface area contributed by atoms with Gasteiger partial charge in [-0.25, -0.2) is 0 Å². The molecule has 0 aliphatic carbocycles. The molecule has 0 spiro atoms. The second-order valence-electron chi connectivity index (χ2n) is 4.42. The number of hydrogen-bond donors (Lipinski definition) is 0. The summed E-state index contributed by atoms with van der Waals surface area (Å²) in [6.07, 6.45) is 0.199. The first-order valence-corrected chi connectivity index (χ1v) is 6.85. The summed E-state index contributed by atoms with van der Waals surface area (Å²) in [5.74, 6) is -0.0893. The van der Waals surface area contributed by atoms with Crippen LogP contribution in [0.2, 0.25) is 0 Å². The number of rotatable bonds is 5. The number of ketones is 1. The van der Waals surface area contributed by atoms with Crippen LogP contribution in [0.4, 0.5) is 0 Å². The third-order valence-electron chi connectivity index (χ3n) is 2.98. The average molecular weight is 321 g/mol. The van der Waals surface area contributed by atoms with Crippen molar-refractivity contribution in [3.63, 3.8) is 0 Å². The van der Waals surface area contributed by atoms with E-state index in [4.69, 9.17) is 23.2 Å². The van der Waals surface area contributed by atoms with E-state index in [9.17, 15) is 14.4 Å². The van der Waals surface area contributed by atoms with Crippen LogP contribution in [-0.2, 0) is 6.42 Å². The van der Waals surface area contributed by atoms with Crippen LogP contribution < -0.4 is 0 Å². The molecule has 2 aromatic rings. The molecule has 0 amide bonds. The molecule has 21 heavy (non-hydrogen) atoms. The Morgan fingerprint density at radius 1 is 0.667 bits per heavy atom. The number of Topliss-reactive ketones (excluding diaryl/α,β-unsaturated/α-hetero) is 1. The zero-order chi connectivity index (χ0) is 15.4. The fraction of sp³-hybridized carbons (Fsp3) is 0.0625. The Labute approximate surface area is 131 Å². The summed E-state index contributed by atoms with van der Waals surface area (Å²) in [5, 5.41) is -1.09. The van der Waals surface area contributed by atoms with Gasteiger partial charge in [-0.15, -0.1) is 0 Å². The van der Waals surface area contributed by atoms with Crippen molar-refractivity contribution in [3.8, 4) is 0 Å². The summed E-state index contributed by atoms with van der Waals surface area (Å²) in [5.41, 5.74) is 2.00. The quantitative estimate of drug-likeness (QED) is 0.620. The van der Waals surface area contributed by atoms with Crippen molar-refractivity contribution in [1.29, 1.82) is 0 Å². The Bertz CT molecular complexity index is 688. The average Bonchev–Trinajstić information content (AvgIpc) is 2.47. The highest BCUT2D eigenvalue weighted by Crippen LogP contribution is 2.12. The minimum atomic E-state index is -0.560. The van der Waals surface area contributed by atoms with Crippen LogP contribution in [0.15, 0.2) is 48.5 Å². The predicted octanol–water partition coefficient (Wildman–Crippen LogP) is 3.87. The van der Waals surface area contributed by atoms with E-state index >= 15 is 0 Å². The van der Waals surface area contributed by atoms with Crippen molar-refractivity contribution in [2.24, 2.45) is 0 Å². The lowest BCUT2D eigenvalue weighted by molar-refractivity contribution is 0.0991. The van der Waals surface area contributed by atoms with Gasteiger partial charge in [0.05, 0.1) is 0 Å². The van der Waals surface area contributed by atoms with Gasteiger partial charge in [-0.3, -0.25) is 14.4 Å². The molecular formula is C16H10Cl2O3. The van der Waals surface area contributed by atoms with Crippen LogP contribution in [0.3, 0.4) is 0 Å². The molecule has 0 fully saturated rings. The van der Waals surface area contributed by atoms with Crippen LogP contribution in [0.1, 0.15) is 36.6 Å². The van der Waals surface area contributed by atoms with Gasteiger partial charge in [-0.05, 0) is 53.0 Å². The third-order valence-corrected chi connectivity index (χ3v) is 3.42. The maximum absolute atomic E-state index is 12.1. The lowest BCUT2D eigenvalue weighted by Gasteiger charge is -2.03. The molecule has 0 radical (unpaired) electrons. The second-order valence-corrected chi connectivity index (χ2v) is 5.11. The van der Waals surface area contributed by atoms with Gasteiger partial charge in [-0.1, -0.05) is 24.3 Å². The zero-order valence-corrected chi connectivity index (χ0v) is 12.3. The van der Waals surface area contributed by atoms with E-state index in [2.05, 4.69) is 0 Å². The van der Waals surface area contributed by atoms with Gasteiger partial charge in [0.2, 0.25) is 0 Å². The van der Waals surface area contributed by atoms with Gasteiger partial charge in [0.15, 0.2) is 5.78 Å². The fourth-order valence-electron chi connectivity index (χ4n) is 1.83. The molecule has 2 rings (SSSR count). The molecule has 106 valence electrons. The Morgan fingerprint density at radius 2 is 1.05 bits per heavy atom. The Hall–Kier alpha value is -1.97. The summed E-state index contributed by atoms with van der Waals surface area (Å²) >= 11 is 10.7. The van der Waals surface area contributed by atoms with Crippen LogP contribution in [0.5, 0.6) is 0 Å². The Kier molecular flexibility index (Phi) is 4.89. The van der Waals surface area contributed by atoms with E-state index in [0.29, 0.717) is 16.7 Å². The van der Waals surface area contributed by atoms with E-state index < -0.39 is 10.5 Å². The summed E-state index contributed by atoms with van der Waals surface area (Å²) in [6, 6.07) is 12.7. The normalized spacial score (nSPS) is 10.2. The maximum Gasteiger partial charge on any atom is 0.252 e. The van der Waals surface area contributed by atoms with Gasteiger partial charge in [-0.2, -0.15) is 0 Å². The number of carbonyl (C=O) groups excluding carboxylic acids is 3. The molecule has 0 aliphatic heterocycles. The minimum absolute atomic E-state index is 0.0893. The molecule has 0 N–H and O–H groups in total. The number of carbonyl (C=O) groups is 3. The summed E-state index contributed by atoms with van der Waals surface area (Å²) in [6.45, 7) is 0. The molecule has 0 aliphatic rings. The molecule has 0 heterocycles. The molecule has 0 saturated carbocycles. The molecule has 3 nitrogen and oxygen atoms in total. The fourth-order valence-corrected chi connectivity index (χ4v) is 2.08. The van der Waals surface area contributed by atoms with E-state index in [1.807, 2.05) is 0 Å². The lowest BCUT2D eigenvalue weighted by Crippen LogP contribution is -2.04. The Balaban J connectivity index is 2.10. The number of hydrogen-bond acceptors (Lipinski definition) is 3. The molecule has 5 heteroatoms. The standard InChI is InChI=1S/C16H10Cl2O3/c17-15(20)12-3-1-10(2-4-12)9-14(19)11-5-7-13(8-6-11)16(18)21/h1-8H,9H2. The lowest BCUT2D eigenvalue weighted by atomic mass is 10.0. The van der Waals surface area contributed by atoms with Gasteiger partial charge in [0.25, 0.3) is 10.5 Å². The Morgan fingerprint density at radius 3 is 1.48 bits per heavy atom. The molecule has 0 bridgehead atoms. The zero-order valence-electron chi connectivity index (χ0n) is 10.8. The monoisotopic (exact) mass is 320 g/mol. The molecule has 0 atom stereocenters. The SMILES string of the molecule is O=C(Cl)c1ccc(CC(=O)c2ccc(C(=O)Cl)cc2)cc1. The van der Waals surface area contributed by atoms with Crippen molar-refractivity contribution >= 4 is 39.5 Å². The predicted molar refractivity (Wildman–Crippen MR) is 81.3 cm³/mol. The highest BCUT2D eigenvalue weighted by molar-refractivity contribution is 6.68. The molecule has 2 aromatic carbocycles. The van der Waals surface area contributed by atoms with Crippen molar-refractivity contribution in [2.75, 3.05) is 0 Å². The van der Waals surface area contributed by atoms with Crippen molar-refractivity contribution in [3.05, 3.63) is 70.8 Å².